The molecule has 7 nitrogen and oxygen atoms in total. The predicted octanol–water partition coefficient (Wildman–Crippen LogP) is 3.75. The van der Waals surface area contributed by atoms with Crippen LogP contribution in [-0.2, 0) is 22.1 Å². The fraction of sp³-hybridized carbons (Fsp3) is 0.250. The van der Waals surface area contributed by atoms with Crippen molar-refractivity contribution >= 4 is 20.9 Å². The van der Waals surface area contributed by atoms with Gasteiger partial charge in [0.2, 0.25) is 15.0 Å². The lowest BCUT2D eigenvalue weighted by Crippen LogP contribution is -2.24. The number of sulfone groups is 1. The summed E-state index contributed by atoms with van der Waals surface area (Å²) in [7, 11) is -1.63. The van der Waals surface area contributed by atoms with Crippen molar-refractivity contribution in [2.45, 2.75) is 24.4 Å². The molecule has 2 heterocycles. The average Bonchev–Trinajstić information content (AvgIpc) is 3.22. The van der Waals surface area contributed by atoms with Gasteiger partial charge in [-0.1, -0.05) is 42.5 Å². The van der Waals surface area contributed by atoms with Gasteiger partial charge < -0.3 is 9.72 Å². The highest BCUT2D eigenvalue weighted by atomic mass is 32.2. The van der Waals surface area contributed by atoms with Crippen molar-refractivity contribution in [3.8, 4) is 5.75 Å². The lowest BCUT2D eigenvalue weighted by atomic mass is 10.2. The van der Waals surface area contributed by atoms with Crippen LogP contribution in [0.3, 0.4) is 0 Å². The highest BCUT2D eigenvalue weighted by molar-refractivity contribution is 7.90. The quantitative estimate of drug-likeness (QED) is 0.418. The predicted molar refractivity (Wildman–Crippen MR) is 124 cm³/mol. The number of aromatic nitrogens is 3. The number of pyridine rings is 1. The van der Waals surface area contributed by atoms with Crippen molar-refractivity contribution in [3.63, 3.8) is 0 Å². The molecule has 0 saturated carbocycles. The van der Waals surface area contributed by atoms with Gasteiger partial charge in [0, 0.05) is 24.8 Å². The van der Waals surface area contributed by atoms with Gasteiger partial charge in [0.25, 0.3) is 0 Å². The summed E-state index contributed by atoms with van der Waals surface area (Å²) in [4.78, 5) is 13.6. The molecular weight excluding hydrogens is 424 g/mol. The van der Waals surface area contributed by atoms with E-state index in [0.29, 0.717) is 29.1 Å². The first kappa shape index (κ1) is 22.0. The van der Waals surface area contributed by atoms with Gasteiger partial charge in [0.05, 0.1) is 16.7 Å². The molecule has 166 valence electrons. The molecule has 0 saturated heterocycles. The molecule has 0 bridgehead atoms. The first-order valence-corrected chi connectivity index (χ1v) is 12.0. The topological polar surface area (TPSA) is 88.2 Å². The molecule has 0 aliphatic carbocycles. The third-order valence-electron chi connectivity index (χ3n) is 5.27. The monoisotopic (exact) mass is 450 g/mol. The molecule has 4 rings (SSSR count). The van der Waals surface area contributed by atoms with E-state index in [1.807, 2.05) is 44.3 Å². The number of nitrogens with one attached hydrogen (secondary N) is 1. The lowest BCUT2D eigenvalue weighted by Gasteiger charge is -2.18. The normalized spacial score (nSPS) is 11.8. The third-order valence-corrected chi connectivity index (χ3v) is 6.71. The third kappa shape index (κ3) is 5.15. The lowest BCUT2D eigenvalue weighted by molar-refractivity contribution is 0.231. The van der Waals surface area contributed by atoms with E-state index in [0.717, 1.165) is 18.7 Å². The number of para-hydroxylation sites is 2. The molecule has 0 spiro atoms. The Morgan fingerprint density at radius 1 is 1.03 bits per heavy atom. The highest BCUT2D eigenvalue weighted by Crippen LogP contribution is 2.24. The largest absolute Gasteiger partial charge is 0.492 e. The van der Waals surface area contributed by atoms with E-state index < -0.39 is 9.84 Å². The number of nitrogens with zero attached hydrogens (tertiary/aromatic N) is 3. The van der Waals surface area contributed by atoms with E-state index in [1.54, 1.807) is 24.4 Å². The van der Waals surface area contributed by atoms with Crippen molar-refractivity contribution in [2.75, 3.05) is 20.2 Å². The molecule has 0 radical (unpaired) electrons. The number of benzene rings is 2. The molecule has 4 aromatic rings. The second-order valence-corrected chi connectivity index (χ2v) is 9.68. The van der Waals surface area contributed by atoms with Crippen LogP contribution in [0.2, 0.25) is 0 Å². The number of hydrogen-bond donors (Lipinski definition) is 1. The fourth-order valence-corrected chi connectivity index (χ4v) is 4.76. The summed E-state index contributed by atoms with van der Waals surface area (Å²) in [6.45, 7) is 3.90. The maximum Gasteiger partial charge on any atom is 0.226 e. The zero-order chi connectivity index (χ0) is 22.6. The Hall–Kier alpha value is -3.23. The summed E-state index contributed by atoms with van der Waals surface area (Å²) < 4.78 is 31.8. The summed E-state index contributed by atoms with van der Waals surface area (Å²) in [6, 6.07) is 19.3. The minimum atomic E-state index is -3.68. The summed E-state index contributed by atoms with van der Waals surface area (Å²) in [5.41, 5.74) is 3.73. The molecule has 1 N–H and O–H groups in total. The minimum Gasteiger partial charge on any atom is -0.492 e. The highest BCUT2D eigenvalue weighted by Gasteiger charge is 2.22. The Morgan fingerprint density at radius 3 is 2.56 bits per heavy atom. The Bertz CT molecular complexity index is 1270. The second-order valence-electron chi connectivity index (χ2n) is 7.77. The SMILES string of the molecule is Cc1c(OCCN(C)Cc2ccccc2)ccnc1CS(=O)(=O)c1nc2ccccc2[nH]1. The van der Waals surface area contributed by atoms with Crippen LogP contribution >= 0.6 is 0 Å². The Morgan fingerprint density at radius 2 is 1.78 bits per heavy atom. The second kappa shape index (κ2) is 9.50. The van der Waals surface area contributed by atoms with Gasteiger partial charge in [0.15, 0.2) is 0 Å². The Balaban J connectivity index is 1.40. The molecule has 32 heavy (non-hydrogen) atoms. The Labute approximate surface area is 188 Å². The maximum atomic E-state index is 12.9. The molecule has 0 atom stereocenters. The maximum absolute atomic E-state index is 12.9. The van der Waals surface area contributed by atoms with Gasteiger partial charge in [-0.3, -0.25) is 9.88 Å². The minimum absolute atomic E-state index is 0.0474. The van der Waals surface area contributed by atoms with E-state index in [-0.39, 0.29) is 10.9 Å². The molecule has 0 unspecified atom stereocenters. The number of rotatable bonds is 9. The summed E-state index contributed by atoms with van der Waals surface area (Å²) in [5, 5.41) is -0.0474. The van der Waals surface area contributed by atoms with Gasteiger partial charge in [-0.15, -0.1) is 0 Å². The molecule has 2 aromatic heterocycles. The van der Waals surface area contributed by atoms with Crippen LogP contribution in [0.4, 0.5) is 0 Å². The van der Waals surface area contributed by atoms with Crippen LogP contribution in [0.15, 0.2) is 72.0 Å². The van der Waals surface area contributed by atoms with Crippen LogP contribution in [-0.4, -0.2) is 48.5 Å². The van der Waals surface area contributed by atoms with Gasteiger partial charge in [0.1, 0.15) is 18.1 Å². The van der Waals surface area contributed by atoms with Crippen molar-refractivity contribution in [1.82, 2.24) is 19.9 Å². The van der Waals surface area contributed by atoms with Crippen molar-refractivity contribution < 1.29 is 13.2 Å². The van der Waals surface area contributed by atoms with E-state index in [1.165, 1.54) is 5.56 Å². The summed E-state index contributed by atoms with van der Waals surface area (Å²) >= 11 is 0. The number of aromatic amines is 1. The summed E-state index contributed by atoms with van der Waals surface area (Å²) in [5.74, 6) is 0.395. The Kier molecular flexibility index (Phi) is 6.53. The van der Waals surface area contributed by atoms with E-state index in [2.05, 4.69) is 32.0 Å². The molecule has 8 heteroatoms. The zero-order valence-corrected chi connectivity index (χ0v) is 19.0. The zero-order valence-electron chi connectivity index (χ0n) is 18.2. The van der Waals surface area contributed by atoms with Gasteiger partial charge in [-0.25, -0.2) is 13.4 Å². The molecule has 0 aliphatic rings. The van der Waals surface area contributed by atoms with Crippen molar-refractivity contribution in [1.29, 1.82) is 0 Å². The van der Waals surface area contributed by atoms with Crippen LogP contribution < -0.4 is 4.74 Å². The van der Waals surface area contributed by atoms with E-state index in [4.69, 9.17) is 4.74 Å². The van der Waals surface area contributed by atoms with Crippen LogP contribution in [0.1, 0.15) is 16.8 Å². The number of fused-ring (bicyclic) bond motifs is 1. The molecule has 0 amide bonds. The van der Waals surface area contributed by atoms with Gasteiger partial charge >= 0.3 is 0 Å². The number of H-pyrrole nitrogens is 1. The summed E-state index contributed by atoms with van der Waals surface area (Å²) in [6.07, 6.45) is 1.58. The molecule has 2 aromatic carbocycles. The standard InChI is InChI=1S/C24H26N4O3S/c1-18-22(17-32(29,30)24-26-20-10-6-7-11-21(20)27-24)25-13-12-23(18)31-15-14-28(2)16-19-8-4-3-5-9-19/h3-13H,14-17H2,1-2H3,(H,26,27). The number of imidazole rings is 1. The molecule has 0 aliphatic heterocycles. The van der Waals surface area contributed by atoms with Crippen LogP contribution in [0.5, 0.6) is 5.75 Å². The fourth-order valence-electron chi connectivity index (χ4n) is 3.47. The van der Waals surface area contributed by atoms with E-state index in [9.17, 15) is 8.42 Å². The smallest absolute Gasteiger partial charge is 0.226 e. The van der Waals surface area contributed by atoms with E-state index >= 15 is 0 Å². The number of likely N-dealkylation sites (N-methyl/N-ethyl adjacent to an activating group) is 1. The average molecular weight is 451 g/mol. The van der Waals surface area contributed by atoms with Crippen LogP contribution in [0.25, 0.3) is 11.0 Å². The van der Waals surface area contributed by atoms with Crippen LogP contribution in [0, 0.1) is 6.92 Å². The van der Waals surface area contributed by atoms with Gasteiger partial charge in [-0.05, 0) is 37.7 Å². The first-order valence-electron chi connectivity index (χ1n) is 10.4. The van der Waals surface area contributed by atoms with Gasteiger partial charge in [-0.2, -0.15) is 0 Å². The molecular formula is C24H26N4O3S. The first-order chi connectivity index (χ1) is 15.4. The number of hydrogen-bond acceptors (Lipinski definition) is 6. The molecule has 0 fully saturated rings. The number of ether oxygens (including phenoxy) is 1. The van der Waals surface area contributed by atoms with Crippen molar-refractivity contribution in [3.05, 3.63) is 83.7 Å². The van der Waals surface area contributed by atoms with Crippen molar-refractivity contribution in [2.24, 2.45) is 0 Å².